The molecule has 1 fully saturated rings. The number of carbonyl (C=O) groups is 1. The Morgan fingerprint density at radius 1 is 1.31 bits per heavy atom. The van der Waals surface area contributed by atoms with Crippen LogP contribution in [0.2, 0.25) is 0 Å². The summed E-state index contributed by atoms with van der Waals surface area (Å²) < 4.78 is 0. The SMILES string of the molecule is CCN(C(=O)CC(C)C)C1CCC(N)CC1. The largest absolute Gasteiger partial charge is 0.340 e. The summed E-state index contributed by atoms with van der Waals surface area (Å²) in [6.45, 7) is 7.11. The van der Waals surface area contributed by atoms with Crippen molar-refractivity contribution in [3.63, 3.8) is 0 Å². The summed E-state index contributed by atoms with van der Waals surface area (Å²) in [7, 11) is 0. The van der Waals surface area contributed by atoms with Gasteiger partial charge in [-0.3, -0.25) is 4.79 Å². The maximum Gasteiger partial charge on any atom is 0.223 e. The zero-order valence-corrected chi connectivity index (χ0v) is 10.9. The first-order valence-corrected chi connectivity index (χ1v) is 6.59. The Morgan fingerprint density at radius 2 is 1.88 bits per heavy atom. The van der Waals surface area contributed by atoms with Crippen LogP contribution in [0.15, 0.2) is 0 Å². The van der Waals surface area contributed by atoms with E-state index in [1.165, 1.54) is 0 Å². The molecule has 1 saturated carbocycles. The Morgan fingerprint density at radius 3 is 2.31 bits per heavy atom. The van der Waals surface area contributed by atoms with Gasteiger partial charge in [0.1, 0.15) is 0 Å². The zero-order chi connectivity index (χ0) is 12.1. The maximum atomic E-state index is 12.1. The lowest BCUT2D eigenvalue weighted by Crippen LogP contribution is -2.44. The molecule has 94 valence electrons. The second-order valence-corrected chi connectivity index (χ2v) is 5.35. The number of nitrogens with zero attached hydrogens (tertiary/aromatic N) is 1. The van der Waals surface area contributed by atoms with Crippen LogP contribution in [0.4, 0.5) is 0 Å². The van der Waals surface area contributed by atoms with Crippen LogP contribution < -0.4 is 5.73 Å². The van der Waals surface area contributed by atoms with Crippen molar-refractivity contribution >= 4 is 5.91 Å². The van der Waals surface area contributed by atoms with Crippen molar-refractivity contribution < 1.29 is 4.79 Å². The van der Waals surface area contributed by atoms with Crippen LogP contribution in [0.5, 0.6) is 0 Å². The molecule has 0 radical (unpaired) electrons. The van der Waals surface area contributed by atoms with Gasteiger partial charge in [-0.05, 0) is 38.5 Å². The van der Waals surface area contributed by atoms with Gasteiger partial charge >= 0.3 is 0 Å². The number of rotatable bonds is 4. The van der Waals surface area contributed by atoms with E-state index in [1.807, 2.05) is 0 Å². The van der Waals surface area contributed by atoms with E-state index in [4.69, 9.17) is 5.73 Å². The molecule has 0 atom stereocenters. The average Bonchev–Trinajstić information content (AvgIpc) is 2.21. The smallest absolute Gasteiger partial charge is 0.223 e. The summed E-state index contributed by atoms with van der Waals surface area (Å²) in [5, 5.41) is 0. The first-order valence-electron chi connectivity index (χ1n) is 6.59. The van der Waals surface area contributed by atoms with Gasteiger partial charge in [-0.2, -0.15) is 0 Å². The lowest BCUT2D eigenvalue weighted by molar-refractivity contribution is -0.134. The highest BCUT2D eigenvalue weighted by Gasteiger charge is 2.26. The second-order valence-electron chi connectivity index (χ2n) is 5.35. The van der Waals surface area contributed by atoms with E-state index in [0.717, 1.165) is 32.2 Å². The normalized spacial score (nSPS) is 25.8. The van der Waals surface area contributed by atoms with Gasteiger partial charge in [0.05, 0.1) is 0 Å². The van der Waals surface area contributed by atoms with Crippen LogP contribution in [0.3, 0.4) is 0 Å². The third kappa shape index (κ3) is 3.78. The summed E-state index contributed by atoms with van der Waals surface area (Å²) in [5.41, 5.74) is 5.89. The van der Waals surface area contributed by atoms with E-state index in [1.54, 1.807) is 0 Å². The van der Waals surface area contributed by atoms with Crippen LogP contribution in [0.25, 0.3) is 0 Å². The molecule has 0 aromatic heterocycles. The summed E-state index contributed by atoms with van der Waals surface area (Å²) in [4.78, 5) is 14.1. The standard InChI is InChI=1S/C13H26N2O/c1-4-15(13(16)9-10(2)3)12-7-5-11(14)6-8-12/h10-12H,4-9,14H2,1-3H3. The first-order chi connectivity index (χ1) is 7.54. The monoisotopic (exact) mass is 226 g/mol. The molecule has 1 aliphatic carbocycles. The Labute approximate surface area is 99.4 Å². The van der Waals surface area contributed by atoms with Gasteiger partial charge in [0.2, 0.25) is 5.91 Å². The van der Waals surface area contributed by atoms with Crippen molar-refractivity contribution in [1.29, 1.82) is 0 Å². The average molecular weight is 226 g/mol. The van der Waals surface area contributed by atoms with Gasteiger partial charge in [-0.1, -0.05) is 13.8 Å². The molecule has 1 rings (SSSR count). The number of hydrogen-bond donors (Lipinski definition) is 1. The minimum absolute atomic E-state index is 0.318. The lowest BCUT2D eigenvalue weighted by Gasteiger charge is -2.35. The van der Waals surface area contributed by atoms with E-state index in [-0.39, 0.29) is 0 Å². The van der Waals surface area contributed by atoms with E-state index in [2.05, 4.69) is 25.7 Å². The fraction of sp³-hybridized carbons (Fsp3) is 0.923. The highest BCUT2D eigenvalue weighted by molar-refractivity contribution is 5.76. The predicted octanol–water partition coefficient (Wildman–Crippen LogP) is 2.15. The number of carbonyl (C=O) groups excluding carboxylic acids is 1. The molecular weight excluding hydrogens is 200 g/mol. The number of amides is 1. The Bertz CT molecular complexity index is 220. The molecule has 0 spiro atoms. The molecule has 0 unspecified atom stereocenters. The fourth-order valence-corrected chi connectivity index (χ4v) is 2.52. The minimum Gasteiger partial charge on any atom is -0.340 e. The predicted molar refractivity (Wildman–Crippen MR) is 67.1 cm³/mol. The molecule has 0 saturated heterocycles. The molecule has 0 heterocycles. The van der Waals surface area contributed by atoms with E-state index < -0.39 is 0 Å². The van der Waals surface area contributed by atoms with E-state index >= 15 is 0 Å². The maximum absolute atomic E-state index is 12.1. The molecule has 0 aliphatic heterocycles. The van der Waals surface area contributed by atoms with Crippen molar-refractivity contribution in [2.24, 2.45) is 11.7 Å². The fourth-order valence-electron chi connectivity index (χ4n) is 2.52. The number of nitrogens with two attached hydrogens (primary N) is 1. The van der Waals surface area contributed by atoms with Crippen LogP contribution in [-0.4, -0.2) is 29.4 Å². The molecule has 1 aliphatic rings. The van der Waals surface area contributed by atoms with Gasteiger partial charge in [0.25, 0.3) is 0 Å². The van der Waals surface area contributed by atoms with Gasteiger partial charge in [-0.15, -0.1) is 0 Å². The second kappa shape index (κ2) is 6.24. The third-order valence-corrected chi connectivity index (χ3v) is 3.43. The first kappa shape index (κ1) is 13.5. The number of hydrogen-bond acceptors (Lipinski definition) is 2. The molecular formula is C13H26N2O. The summed E-state index contributed by atoms with van der Waals surface area (Å²) in [5.74, 6) is 0.769. The summed E-state index contributed by atoms with van der Waals surface area (Å²) in [6, 6.07) is 0.797. The van der Waals surface area contributed by atoms with Gasteiger partial charge in [0.15, 0.2) is 0 Å². The Hall–Kier alpha value is -0.570. The van der Waals surface area contributed by atoms with E-state index in [0.29, 0.717) is 30.3 Å². The van der Waals surface area contributed by atoms with Gasteiger partial charge in [-0.25, -0.2) is 0 Å². The highest BCUT2D eigenvalue weighted by atomic mass is 16.2. The summed E-state index contributed by atoms with van der Waals surface area (Å²) in [6.07, 6.45) is 4.97. The zero-order valence-electron chi connectivity index (χ0n) is 10.9. The topological polar surface area (TPSA) is 46.3 Å². The molecule has 2 N–H and O–H groups in total. The van der Waals surface area contributed by atoms with Crippen molar-refractivity contribution in [3.8, 4) is 0 Å². The van der Waals surface area contributed by atoms with Crippen LogP contribution in [-0.2, 0) is 4.79 Å². The quantitative estimate of drug-likeness (QED) is 0.798. The van der Waals surface area contributed by atoms with Crippen LogP contribution >= 0.6 is 0 Å². The van der Waals surface area contributed by atoms with Gasteiger partial charge < -0.3 is 10.6 Å². The van der Waals surface area contributed by atoms with Crippen molar-refractivity contribution in [2.45, 2.75) is 65.0 Å². The molecule has 3 nitrogen and oxygen atoms in total. The third-order valence-electron chi connectivity index (χ3n) is 3.43. The molecule has 0 aromatic carbocycles. The summed E-state index contributed by atoms with van der Waals surface area (Å²) >= 11 is 0. The molecule has 1 amide bonds. The molecule has 3 heteroatoms. The van der Waals surface area contributed by atoms with Gasteiger partial charge in [0, 0.05) is 25.0 Å². The van der Waals surface area contributed by atoms with E-state index in [9.17, 15) is 4.79 Å². The van der Waals surface area contributed by atoms with Crippen LogP contribution in [0, 0.1) is 5.92 Å². The van der Waals surface area contributed by atoms with Crippen molar-refractivity contribution in [3.05, 3.63) is 0 Å². The van der Waals surface area contributed by atoms with Crippen LogP contribution in [0.1, 0.15) is 52.9 Å². The highest BCUT2D eigenvalue weighted by Crippen LogP contribution is 2.23. The van der Waals surface area contributed by atoms with Crippen molar-refractivity contribution in [2.75, 3.05) is 6.54 Å². The lowest BCUT2D eigenvalue weighted by atomic mass is 9.90. The molecule has 0 aromatic rings. The molecule has 16 heavy (non-hydrogen) atoms. The molecule has 0 bridgehead atoms. The Balaban J connectivity index is 2.50. The Kier molecular flexibility index (Phi) is 5.26. The minimum atomic E-state index is 0.318. The van der Waals surface area contributed by atoms with Crippen molar-refractivity contribution in [1.82, 2.24) is 4.90 Å².